The Balaban J connectivity index is 1.21. The van der Waals surface area contributed by atoms with Gasteiger partial charge in [0.15, 0.2) is 11.5 Å². The van der Waals surface area contributed by atoms with Crippen LogP contribution in [0.3, 0.4) is 0 Å². The summed E-state index contributed by atoms with van der Waals surface area (Å²) in [4.78, 5) is 26.2. The predicted molar refractivity (Wildman–Crippen MR) is 136 cm³/mol. The van der Waals surface area contributed by atoms with Crippen LogP contribution in [0, 0.1) is 32.7 Å². The summed E-state index contributed by atoms with van der Waals surface area (Å²) in [6.45, 7) is 0.302. The van der Waals surface area contributed by atoms with E-state index in [1.165, 1.54) is 0 Å². The number of halogens is 2. The average molecular weight is 589 g/mol. The molecule has 1 heterocycles. The van der Waals surface area contributed by atoms with Crippen molar-refractivity contribution in [1.29, 1.82) is 0 Å². The summed E-state index contributed by atoms with van der Waals surface area (Å²) in [5, 5.41) is 6.04. The summed E-state index contributed by atoms with van der Waals surface area (Å²) < 4.78 is 12.4. The molecule has 2 aromatic carbocycles. The normalized spacial score (nSPS) is 27.8. The first-order valence-electron chi connectivity index (χ1n) is 11.3. The molecule has 1 saturated heterocycles. The second-order valence-electron chi connectivity index (χ2n) is 9.37. The maximum atomic E-state index is 13.1. The number of hydrazone groups is 1. The zero-order valence-electron chi connectivity index (χ0n) is 18.4. The number of methoxy groups -OCH3 is 1. The average Bonchev–Trinajstić information content (AvgIpc) is 3.43. The third-order valence-corrected chi connectivity index (χ3v) is 8.90. The van der Waals surface area contributed by atoms with Gasteiger partial charge in [0.25, 0.3) is 11.8 Å². The standard InChI is InChI=1S/C26H22ClIN2O4/c1-33-20-11-14(10-19(28)23(20)34-13-15-4-2-3-5-18(15)27)12-29-30-24(31)21-16-6-7-17(22(21)25(30)32)26(16)8-9-26/h2-7,10-12,16-17,21-22H,8-9,13H2,1H3/b29-12-/t16-,17-,21+,22+/m1/s1. The monoisotopic (exact) mass is 588 g/mol. The lowest BCUT2D eigenvalue weighted by molar-refractivity contribution is -0.141. The molecule has 34 heavy (non-hydrogen) atoms. The number of rotatable bonds is 6. The minimum Gasteiger partial charge on any atom is -0.493 e. The predicted octanol–water partition coefficient (Wildman–Crippen LogP) is 5.06. The molecule has 2 bridgehead atoms. The lowest BCUT2D eigenvalue weighted by Crippen LogP contribution is -2.30. The molecule has 4 aliphatic rings. The van der Waals surface area contributed by atoms with Crippen molar-refractivity contribution in [2.75, 3.05) is 7.11 Å². The van der Waals surface area contributed by atoms with Gasteiger partial charge in [-0.05, 0) is 76.4 Å². The van der Waals surface area contributed by atoms with Crippen LogP contribution >= 0.6 is 34.2 Å². The number of nitrogens with zero attached hydrogens (tertiary/aromatic N) is 2. The van der Waals surface area contributed by atoms with Gasteiger partial charge < -0.3 is 9.47 Å². The smallest absolute Gasteiger partial charge is 0.254 e. The first-order chi connectivity index (χ1) is 16.4. The molecule has 2 amide bonds. The molecule has 1 spiro atoms. The van der Waals surface area contributed by atoms with Gasteiger partial charge >= 0.3 is 0 Å². The van der Waals surface area contributed by atoms with Crippen molar-refractivity contribution >= 4 is 52.2 Å². The van der Waals surface area contributed by atoms with Gasteiger partial charge in [0.1, 0.15) is 6.61 Å². The summed E-state index contributed by atoms with van der Waals surface area (Å²) >= 11 is 8.41. The molecule has 3 fully saturated rings. The minimum absolute atomic E-state index is 0.171. The molecule has 1 aliphatic heterocycles. The zero-order chi connectivity index (χ0) is 23.6. The number of ether oxygens (including phenoxy) is 2. The fourth-order valence-electron chi connectivity index (χ4n) is 6.02. The van der Waals surface area contributed by atoms with Crippen LogP contribution < -0.4 is 9.47 Å². The Hall–Kier alpha value is -2.39. The Morgan fingerprint density at radius 3 is 2.44 bits per heavy atom. The topological polar surface area (TPSA) is 68.2 Å². The number of benzene rings is 2. The lowest BCUT2D eigenvalue weighted by atomic mass is 9.85. The Morgan fingerprint density at radius 2 is 1.82 bits per heavy atom. The third kappa shape index (κ3) is 3.23. The zero-order valence-corrected chi connectivity index (χ0v) is 21.3. The highest BCUT2D eigenvalue weighted by Gasteiger charge is 2.73. The molecule has 6 rings (SSSR count). The fourth-order valence-corrected chi connectivity index (χ4v) is 6.99. The highest BCUT2D eigenvalue weighted by molar-refractivity contribution is 14.1. The minimum atomic E-state index is -0.252. The number of imide groups is 1. The quantitative estimate of drug-likeness (QED) is 0.205. The fraction of sp³-hybridized carbons (Fsp3) is 0.346. The van der Waals surface area contributed by atoms with Crippen molar-refractivity contribution in [2.45, 2.75) is 19.4 Å². The van der Waals surface area contributed by atoms with E-state index in [0.717, 1.165) is 27.0 Å². The van der Waals surface area contributed by atoms with Crippen LogP contribution in [0.2, 0.25) is 5.02 Å². The summed E-state index contributed by atoms with van der Waals surface area (Å²) in [5.41, 5.74) is 1.77. The van der Waals surface area contributed by atoms with Gasteiger partial charge in [0, 0.05) is 10.6 Å². The van der Waals surface area contributed by atoms with E-state index < -0.39 is 0 Å². The van der Waals surface area contributed by atoms with Crippen LogP contribution in [0.1, 0.15) is 24.0 Å². The maximum Gasteiger partial charge on any atom is 0.254 e. The third-order valence-electron chi connectivity index (χ3n) is 7.73. The van der Waals surface area contributed by atoms with Crippen molar-refractivity contribution in [1.82, 2.24) is 5.01 Å². The summed E-state index contributed by atoms with van der Waals surface area (Å²) in [7, 11) is 1.57. The van der Waals surface area contributed by atoms with Gasteiger partial charge in [0.2, 0.25) is 0 Å². The Morgan fingerprint density at radius 1 is 1.15 bits per heavy atom. The number of hydrogen-bond acceptors (Lipinski definition) is 5. The van der Waals surface area contributed by atoms with E-state index in [9.17, 15) is 9.59 Å². The van der Waals surface area contributed by atoms with Gasteiger partial charge in [-0.2, -0.15) is 10.1 Å². The van der Waals surface area contributed by atoms with E-state index >= 15 is 0 Å². The highest BCUT2D eigenvalue weighted by Crippen LogP contribution is 2.73. The molecule has 3 aliphatic carbocycles. The molecular weight excluding hydrogens is 567 g/mol. The van der Waals surface area contributed by atoms with E-state index in [1.54, 1.807) is 19.4 Å². The van der Waals surface area contributed by atoms with Crippen LogP contribution in [-0.4, -0.2) is 30.1 Å². The molecule has 0 radical (unpaired) electrons. The van der Waals surface area contributed by atoms with Crippen molar-refractivity contribution in [3.63, 3.8) is 0 Å². The number of carbonyl (C=O) groups is 2. The SMILES string of the molecule is COc1cc(/C=N\N2C(=O)[C@@H]3[C@@H](C2=O)[C@H]2C=C[C@H]3C23CC3)cc(I)c1OCc1ccccc1Cl. The van der Waals surface area contributed by atoms with Crippen molar-refractivity contribution in [3.8, 4) is 11.5 Å². The van der Waals surface area contributed by atoms with E-state index in [4.69, 9.17) is 21.1 Å². The van der Waals surface area contributed by atoms with Gasteiger partial charge in [-0.15, -0.1) is 0 Å². The van der Waals surface area contributed by atoms with E-state index in [1.807, 2.05) is 30.3 Å². The van der Waals surface area contributed by atoms with Crippen LogP contribution in [0.5, 0.6) is 11.5 Å². The van der Waals surface area contributed by atoms with Crippen LogP contribution in [0.15, 0.2) is 53.7 Å². The Bertz CT molecular complexity index is 1240. The van der Waals surface area contributed by atoms with Crippen LogP contribution in [-0.2, 0) is 16.2 Å². The number of allylic oxidation sites excluding steroid dienone is 2. The van der Waals surface area contributed by atoms with E-state index in [2.05, 4.69) is 39.8 Å². The second kappa shape index (κ2) is 8.09. The number of hydrogen-bond donors (Lipinski definition) is 0. The van der Waals surface area contributed by atoms with Gasteiger partial charge in [-0.1, -0.05) is 42.0 Å². The summed E-state index contributed by atoms with van der Waals surface area (Å²) in [6, 6.07) is 11.2. The molecule has 4 atom stereocenters. The van der Waals surface area contributed by atoms with Gasteiger partial charge in [-0.3, -0.25) is 9.59 Å². The molecule has 0 aromatic heterocycles. The first-order valence-corrected chi connectivity index (χ1v) is 12.7. The van der Waals surface area contributed by atoms with Crippen LogP contribution in [0.4, 0.5) is 0 Å². The first kappa shape index (κ1) is 22.1. The molecule has 0 N–H and O–H groups in total. The molecule has 2 aromatic rings. The molecular formula is C26H22ClIN2O4. The van der Waals surface area contributed by atoms with Gasteiger partial charge in [-0.25, -0.2) is 0 Å². The van der Waals surface area contributed by atoms with E-state index in [0.29, 0.717) is 28.7 Å². The number of fused-ring (bicyclic) bond motifs is 3. The molecule has 8 heteroatoms. The Labute approximate surface area is 216 Å². The van der Waals surface area contributed by atoms with Crippen molar-refractivity contribution in [2.24, 2.45) is 34.2 Å². The highest BCUT2D eigenvalue weighted by atomic mass is 127. The second-order valence-corrected chi connectivity index (χ2v) is 10.9. The molecule has 0 unspecified atom stereocenters. The summed E-state index contributed by atoms with van der Waals surface area (Å²) in [5.74, 6) is 0.667. The van der Waals surface area contributed by atoms with E-state index in [-0.39, 0.29) is 40.9 Å². The van der Waals surface area contributed by atoms with Crippen LogP contribution in [0.25, 0.3) is 0 Å². The number of carbonyl (C=O) groups excluding carboxylic acids is 2. The Kier molecular flexibility index (Phi) is 5.26. The summed E-state index contributed by atoms with van der Waals surface area (Å²) in [6.07, 6.45) is 8.10. The molecule has 174 valence electrons. The maximum absolute atomic E-state index is 13.1. The van der Waals surface area contributed by atoms with Crippen molar-refractivity contribution in [3.05, 3.63) is 68.3 Å². The van der Waals surface area contributed by atoms with Gasteiger partial charge in [0.05, 0.1) is 28.7 Å². The molecule has 2 saturated carbocycles. The molecule has 6 nitrogen and oxygen atoms in total. The lowest BCUT2D eigenvalue weighted by Gasteiger charge is -2.18. The largest absolute Gasteiger partial charge is 0.493 e. The van der Waals surface area contributed by atoms with Crippen molar-refractivity contribution < 1.29 is 19.1 Å². The number of amides is 2.